The van der Waals surface area contributed by atoms with Gasteiger partial charge in [0.25, 0.3) is 11.8 Å². The Kier molecular flexibility index (Phi) is 3.68. The van der Waals surface area contributed by atoms with E-state index in [2.05, 4.69) is 5.32 Å². The predicted molar refractivity (Wildman–Crippen MR) is 69.0 cm³/mol. The summed E-state index contributed by atoms with van der Waals surface area (Å²) < 4.78 is 5.26. The smallest absolute Gasteiger partial charge is 0.264 e. The van der Waals surface area contributed by atoms with Gasteiger partial charge in [0.1, 0.15) is 11.9 Å². The molecular formula is C12H15N3O4. The largest absolute Gasteiger partial charge is 0.482 e. The summed E-state index contributed by atoms with van der Waals surface area (Å²) in [5.41, 5.74) is 6.22. The summed E-state index contributed by atoms with van der Waals surface area (Å²) in [7, 11) is 1.63. The lowest BCUT2D eigenvalue weighted by molar-refractivity contribution is -0.123. The number of fused-ring (bicyclic) bond motifs is 1. The Morgan fingerprint density at radius 2 is 2.37 bits per heavy atom. The molecule has 2 amide bonds. The van der Waals surface area contributed by atoms with E-state index in [9.17, 15) is 14.7 Å². The molecule has 7 heteroatoms. The molecule has 1 heterocycles. The van der Waals surface area contributed by atoms with E-state index in [0.29, 0.717) is 17.1 Å². The zero-order valence-electron chi connectivity index (χ0n) is 10.4. The van der Waals surface area contributed by atoms with Crippen molar-refractivity contribution in [1.29, 1.82) is 0 Å². The minimum absolute atomic E-state index is 0.00108. The monoisotopic (exact) mass is 265 g/mol. The molecule has 0 aliphatic carbocycles. The van der Waals surface area contributed by atoms with Gasteiger partial charge in [-0.15, -0.1) is 0 Å². The van der Waals surface area contributed by atoms with Crippen LogP contribution in [0.1, 0.15) is 0 Å². The summed E-state index contributed by atoms with van der Waals surface area (Å²) in [6, 6.07) is 4.89. The Morgan fingerprint density at radius 1 is 1.63 bits per heavy atom. The van der Waals surface area contributed by atoms with Crippen LogP contribution in [0.2, 0.25) is 0 Å². The second kappa shape index (κ2) is 5.25. The van der Waals surface area contributed by atoms with Gasteiger partial charge in [-0.05, 0) is 18.2 Å². The lowest BCUT2D eigenvalue weighted by Gasteiger charge is -2.26. The molecule has 2 rings (SSSR count). The topological polar surface area (TPSA) is 105 Å². The molecular weight excluding hydrogens is 250 g/mol. The number of hydrogen-bond donors (Lipinski definition) is 3. The van der Waals surface area contributed by atoms with E-state index in [1.807, 2.05) is 0 Å². The van der Waals surface area contributed by atoms with Crippen molar-refractivity contribution in [2.24, 2.45) is 5.73 Å². The van der Waals surface area contributed by atoms with Crippen molar-refractivity contribution in [3.8, 4) is 5.75 Å². The zero-order valence-corrected chi connectivity index (χ0v) is 10.4. The van der Waals surface area contributed by atoms with Crippen LogP contribution in [0.25, 0.3) is 0 Å². The number of aliphatic hydroxyl groups excluding tert-OH is 1. The van der Waals surface area contributed by atoms with Gasteiger partial charge in [0.05, 0.1) is 5.69 Å². The highest BCUT2D eigenvalue weighted by Crippen LogP contribution is 2.33. The number of carbonyl (C=O) groups is 2. The first-order valence-electron chi connectivity index (χ1n) is 5.75. The Labute approximate surface area is 109 Å². The van der Waals surface area contributed by atoms with Crippen molar-refractivity contribution in [1.82, 2.24) is 0 Å². The Morgan fingerprint density at radius 3 is 3.05 bits per heavy atom. The lowest BCUT2D eigenvalue weighted by atomic mass is 10.2. The van der Waals surface area contributed by atoms with Crippen LogP contribution in [0.3, 0.4) is 0 Å². The summed E-state index contributed by atoms with van der Waals surface area (Å²) in [6.45, 7) is -0.153. The third-order valence-electron chi connectivity index (χ3n) is 2.84. The standard InChI is InChI=1S/C12H15N3O4/c1-15-8-4-7(14-12(18)9(16)5-13)2-3-10(8)19-6-11(15)17/h2-4,9,16H,5-6,13H2,1H3,(H,14,18). The highest BCUT2D eigenvalue weighted by molar-refractivity contribution is 5.99. The lowest BCUT2D eigenvalue weighted by Crippen LogP contribution is -2.36. The number of likely N-dealkylation sites (N-methyl/N-ethyl adjacent to an activating group) is 1. The van der Waals surface area contributed by atoms with Gasteiger partial charge in [0.2, 0.25) is 0 Å². The molecule has 1 unspecified atom stereocenters. The van der Waals surface area contributed by atoms with Crippen LogP contribution in [-0.4, -0.2) is 43.2 Å². The fourth-order valence-corrected chi connectivity index (χ4v) is 1.68. The first-order valence-corrected chi connectivity index (χ1v) is 5.75. The van der Waals surface area contributed by atoms with E-state index in [1.54, 1.807) is 25.2 Å². The molecule has 7 nitrogen and oxygen atoms in total. The molecule has 19 heavy (non-hydrogen) atoms. The summed E-state index contributed by atoms with van der Waals surface area (Å²) >= 11 is 0. The molecule has 0 saturated heterocycles. The summed E-state index contributed by atoms with van der Waals surface area (Å²) in [5.74, 6) is -0.189. The number of nitrogens with two attached hydrogens (primary N) is 1. The molecule has 1 aliphatic rings. The number of hydrogen-bond acceptors (Lipinski definition) is 5. The van der Waals surface area contributed by atoms with Crippen LogP contribution in [0, 0.1) is 0 Å². The predicted octanol–water partition coefficient (Wildman–Crippen LogP) is -0.700. The van der Waals surface area contributed by atoms with Gasteiger partial charge in [-0.1, -0.05) is 0 Å². The molecule has 0 saturated carbocycles. The number of carbonyl (C=O) groups excluding carboxylic acids is 2. The Hall–Kier alpha value is -2.12. The van der Waals surface area contributed by atoms with E-state index in [1.165, 1.54) is 4.90 Å². The van der Waals surface area contributed by atoms with Crippen LogP contribution in [0.15, 0.2) is 18.2 Å². The molecule has 4 N–H and O–H groups in total. The number of rotatable bonds is 3. The van der Waals surface area contributed by atoms with Gasteiger partial charge in [-0.3, -0.25) is 9.59 Å². The molecule has 1 aromatic rings. The maximum absolute atomic E-state index is 11.5. The Bertz CT molecular complexity index is 518. The minimum Gasteiger partial charge on any atom is -0.482 e. The quantitative estimate of drug-likeness (QED) is 0.670. The third-order valence-corrected chi connectivity index (χ3v) is 2.84. The molecule has 1 aliphatic heterocycles. The summed E-state index contributed by atoms with van der Waals surface area (Å²) in [5, 5.41) is 11.8. The van der Waals surface area contributed by atoms with Crippen molar-refractivity contribution >= 4 is 23.2 Å². The van der Waals surface area contributed by atoms with Gasteiger partial charge in [-0.2, -0.15) is 0 Å². The normalized spacial score (nSPS) is 15.5. The van der Waals surface area contributed by atoms with Crippen molar-refractivity contribution in [2.75, 3.05) is 30.4 Å². The van der Waals surface area contributed by atoms with Gasteiger partial charge in [0, 0.05) is 19.3 Å². The molecule has 1 aromatic carbocycles. The number of aliphatic hydroxyl groups is 1. The first-order chi connectivity index (χ1) is 9.02. The second-order valence-corrected chi connectivity index (χ2v) is 4.16. The van der Waals surface area contributed by atoms with Crippen LogP contribution in [0.4, 0.5) is 11.4 Å². The fraction of sp³-hybridized carbons (Fsp3) is 0.333. The molecule has 0 spiro atoms. The van der Waals surface area contributed by atoms with Crippen LogP contribution >= 0.6 is 0 Å². The van der Waals surface area contributed by atoms with Crippen molar-refractivity contribution in [3.05, 3.63) is 18.2 Å². The fourth-order valence-electron chi connectivity index (χ4n) is 1.68. The van der Waals surface area contributed by atoms with Crippen molar-refractivity contribution in [3.63, 3.8) is 0 Å². The van der Waals surface area contributed by atoms with E-state index in [-0.39, 0.29) is 19.1 Å². The van der Waals surface area contributed by atoms with Crippen molar-refractivity contribution < 1.29 is 19.4 Å². The third kappa shape index (κ3) is 2.67. The van der Waals surface area contributed by atoms with Crippen LogP contribution in [-0.2, 0) is 9.59 Å². The number of ether oxygens (including phenoxy) is 1. The average Bonchev–Trinajstić information content (AvgIpc) is 2.42. The number of amides is 2. The van der Waals surface area contributed by atoms with Crippen LogP contribution in [0.5, 0.6) is 5.75 Å². The first kappa shape index (κ1) is 13.3. The molecule has 1 atom stereocenters. The SMILES string of the molecule is CN1C(=O)COc2ccc(NC(=O)C(O)CN)cc21. The zero-order chi connectivity index (χ0) is 14.0. The number of nitrogens with zero attached hydrogens (tertiary/aromatic N) is 1. The number of anilines is 2. The maximum atomic E-state index is 11.5. The van der Waals surface area contributed by atoms with Gasteiger partial charge in [-0.25, -0.2) is 0 Å². The summed E-state index contributed by atoms with van der Waals surface area (Å²) in [6.07, 6.45) is -1.26. The van der Waals surface area contributed by atoms with Gasteiger partial charge in [0.15, 0.2) is 6.61 Å². The van der Waals surface area contributed by atoms with E-state index >= 15 is 0 Å². The highest BCUT2D eigenvalue weighted by Gasteiger charge is 2.23. The molecule has 0 radical (unpaired) electrons. The van der Waals surface area contributed by atoms with Crippen molar-refractivity contribution in [2.45, 2.75) is 6.10 Å². The number of nitrogens with one attached hydrogen (secondary N) is 1. The average molecular weight is 265 g/mol. The van der Waals surface area contributed by atoms with Crippen LogP contribution < -0.4 is 20.7 Å². The molecule has 0 fully saturated rings. The molecule has 0 bridgehead atoms. The van der Waals surface area contributed by atoms with Gasteiger partial charge >= 0.3 is 0 Å². The van der Waals surface area contributed by atoms with Gasteiger partial charge < -0.3 is 25.8 Å². The second-order valence-electron chi connectivity index (χ2n) is 4.16. The Balaban J connectivity index is 2.21. The maximum Gasteiger partial charge on any atom is 0.264 e. The van der Waals surface area contributed by atoms with E-state index < -0.39 is 12.0 Å². The molecule has 0 aromatic heterocycles. The highest BCUT2D eigenvalue weighted by atomic mass is 16.5. The number of benzene rings is 1. The summed E-state index contributed by atoms with van der Waals surface area (Å²) in [4.78, 5) is 24.5. The minimum atomic E-state index is -1.26. The van der Waals surface area contributed by atoms with E-state index in [0.717, 1.165) is 0 Å². The van der Waals surface area contributed by atoms with E-state index in [4.69, 9.17) is 10.5 Å². The molecule has 102 valence electrons.